The van der Waals surface area contributed by atoms with Crippen LogP contribution in [0.5, 0.6) is 0 Å². The highest BCUT2D eigenvalue weighted by molar-refractivity contribution is 6.34. The van der Waals surface area contributed by atoms with E-state index in [2.05, 4.69) is 5.32 Å². The molecule has 24 heavy (non-hydrogen) atoms. The molecule has 132 valence electrons. The fourth-order valence-electron chi connectivity index (χ4n) is 3.06. The summed E-state index contributed by atoms with van der Waals surface area (Å²) in [5.74, 6) is -0.199. The number of amides is 2. The average Bonchev–Trinajstić information content (AvgIpc) is 2.96. The van der Waals surface area contributed by atoms with Crippen LogP contribution in [0.3, 0.4) is 0 Å². The topological polar surface area (TPSA) is 61.9 Å². The van der Waals surface area contributed by atoms with Gasteiger partial charge in [-0.1, -0.05) is 23.7 Å². The number of nitrogens with one attached hydrogen (secondary N) is 1. The summed E-state index contributed by atoms with van der Waals surface area (Å²) in [6.45, 7) is 2.16. The molecule has 1 aromatic rings. The maximum Gasteiger partial charge on any atom is 0.249 e. The highest BCUT2D eigenvalue weighted by Gasteiger charge is 2.39. The number of anilines is 1. The second-order valence-electron chi connectivity index (χ2n) is 5.78. The van der Waals surface area contributed by atoms with Crippen LogP contribution in [0.15, 0.2) is 24.3 Å². The third-order valence-electron chi connectivity index (χ3n) is 4.36. The molecule has 2 amide bonds. The Morgan fingerprint density at radius 3 is 2.83 bits per heavy atom. The van der Waals surface area contributed by atoms with Crippen LogP contribution in [0, 0.1) is 0 Å². The van der Waals surface area contributed by atoms with Crippen LogP contribution in [0.4, 0.5) is 5.69 Å². The van der Waals surface area contributed by atoms with Crippen LogP contribution in [0.1, 0.15) is 6.42 Å². The quantitative estimate of drug-likeness (QED) is 0.867. The van der Waals surface area contributed by atoms with Crippen LogP contribution in [0.25, 0.3) is 0 Å². The van der Waals surface area contributed by atoms with Crippen molar-refractivity contribution in [2.75, 3.05) is 38.3 Å². The van der Waals surface area contributed by atoms with Crippen molar-refractivity contribution in [3.63, 3.8) is 0 Å². The van der Waals surface area contributed by atoms with Gasteiger partial charge in [-0.05, 0) is 18.6 Å². The van der Waals surface area contributed by atoms with Crippen LogP contribution < -0.4 is 10.2 Å². The van der Waals surface area contributed by atoms with Crippen molar-refractivity contribution in [3.8, 4) is 0 Å². The lowest BCUT2D eigenvalue weighted by molar-refractivity contribution is -0.140. The fraction of sp³-hybridized carbons (Fsp3) is 0.500. The van der Waals surface area contributed by atoms with E-state index < -0.39 is 6.04 Å². The lowest BCUT2D eigenvalue weighted by Crippen LogP contribution is -2.55. The number of hydrogen-bond acceptors (Lipinski definition) is 4. The van der Waals surface area contributed by atoms with E-state index in [1.807, 2.05) is 18.2 Å². The third kappa shape index (κ3) is 3.67. The number of carbonyl (C=O) groups is 2. The van der Waals surface area contributed by atoms with Crippen LogP contribution >= 0.6 is 24.0 Å². The van der Waals surface area contributed by atoms with Gasteiger partial charge in [0, 0.05) is 20.1 Å². The van der Waals surface area contributed by atoms with Gasteiger partial charge < -0.3 is 19.9 Å². The minimum atomic E-state index is -0.456. The van der Waals surface area contributed by atoms with Crippen LogP contribution in [0.2, 0.25) is 5.02 Å². The van der Waals surface area contributed by atoms with E-state index >= 15 is 0 Å². The van der Waals surface area contributed by atoms with Crippen molar-refractivity contribution in [3.05, 3.63) is 29.3 Å². The van der Waals surface area contributed by atoms with Crippen molar-refractivity contribution in [1.82, 2.24) is 10.2 Å². The van der Waals surface area contributed by atoms with Crippen molar-refractivity contribution in [2.24, 2.45) is 0 Å². The maximum atomic E-state index is 12.7. The molecule has 0 aromatic heterocycles. The normalized spacial score (nSPS) is 23.8. The summed E-state index contributed by atoms with van der Waals surface area (Å²) >= 11 is 6.18. The summed E-state index contributed by atoms with van der Waals surface area (Å²) in [4.78, 5) is 28.4. The second kappa shape index (κ2) is 8.16. The predicted octanol–water partition coefficient (Wildman–Crippen LogP) is 1.31. The molecule has 2 fully saturated rings. The zero-order chi connectivity index (χ0) is 16.4. The lowest BCUT2D eigenvalue weighted by atomic mass is 10.1. The van der Waals surface area contributed by atoms with Gasteiger partial charge in [-0.2, -0.15) is 0 Å². The Labute approximate surface area is 152 Å². The monoisotopic (exact) mass is 373 g/mol. The van der Waals surface area contributed by atoms with Gasteiger partial charge in [-0.25, -0.2) is 0 Å². The molecule has 2 heterocycles. The van der Waals surface area contributed by atoms with Crippen molar-refractivity contribution in [1.29, 1.82) is 0 Å². The molecule has 6 nitrogen and oxygen atoms in total. The van der Waals surface area contributed by atoms with Gasteiger partial charge in [0.1, 0.15) is 12.1 Å². The number of halogens is 2. The molecular weight excluding hydrogens is 353 g/mol. The summed E-state index contributed by atoms with van der Waals surface area (Å²) < 4.78 is 5.33. The maximum absolute atomic E-state index is 12.7. The van der Waals surface area contributed by atoms with Gasteiger partial charge in [0.25, 0.3) is 0 Å². The Hall–Kier alpha value is -1.34. The first kappa shape index (κ1) is 19.0. The molecule has 2 unspecified atom stereocenters. The van der Waals surface area contributed by atoms with E-state index in [1.54, 1.807) is 18.0 Å². The lowest BCUT2D eigenvalue weighted by Gasteiger charge is -2.30. The Kier molecular flexibility index (Phi) is 6.46. The number of benzene rings is 1. The molecule has 2 aliphatic heterocycles. The molecule has 2 saturated heterocycles. The van der Waals surface area contributed by atoms with Crippen molar-refractivity contribution in [2.45, 2.75) is 18.5 Å². The van der Waals surface area contributed by atoms with Gasteiger partial charge in [0.05, 0.1) is 23.9 Å². The number of hydrogen-bond donors (Lipinski definition) is 1. The molecule has 0 aliphatic carbocycles. The summed E-state index contributed by atoms with van der Waals surface area (Å²) in [5, 5.41) is 3.67. The predicted molar refractivity (Wildman–Crippen MR) is 94.8 cm³/mol. The second-order valence-corrected chi connectivity index (χ2v) is 6.18. The van der Waals surface area contributed by atoms with E-state index in [9.17, 15) is 9.59 Å². The molecule has 2 atom stereocenters. The standard InChI is InChI=1S/C16H20ClN3O3.ClH/c1-19(15(21)12-10-23-9-7-18-12)14-6-8-20(16(14)22)13-5-3-2-4-11(13)17;/h2-5,12,14,18H,6-10H2,1H3;1H. The molecule has 1 N–H and O–H groups in total. The first-order chi connectivity index (χ1) is 11.1. The minimum Gasteiger partial charge on any atom is -0.378 e. The fourth-order valence-corrected chi connectivity index (χ4v) is 3.30. The van der Waals surface area contributed by atoms with Gasteiger partial charge in [-0.3, -0.25) is 9.59 Å². The van der Waals surface area contributed by atoms with E-state index in [-0.39, 0.29) is 30.3 Å². The van der Waals surface area contributed by atoms with Crippen molar-refractivity contribution < 1.29 is 14.3 Å². The molecule has 1 aromatic carbocycles. The smallest absolute Gasteiger partial charge is 0.249 e. The number of para-hydroxylation sites is 1. The van der Waals surface area contributed by atoms with Gasteiger partial charge >= 0.3 is 0 Å². The van der Waals surface area contributed by atoms with Crippen LogP contribution in [-0.2, 0) is 14.3 Å². The first-order valence-electron chi connectivity index (χ1n) is 7.73. The van der Waals surface area contributed by atoms with Gasteiger partial charge in [-0.15, -0.1) is 12.4 Å². The Balaban J connectivity index is 0.00000208. The number of carbonyl (C=O) groups excluding carboxylic acids is 2. The Morgan fingerprint density at radius 2 is 2.17 bits per heavy atom. The van der Waals surface area contributed by atoms with Gasteiger partial charge in [0.2, 0.25) is 11.8 Å². The molecule has 0 saturated carbocycles. The number of morpholine rings is 1. The van der Waals surface area contributed by atoms with E-state index in [1.165, 1.54) is 4.90 Å². The highest BCUT2D eigenvalue weighted by Crippen LogP contribution is 2.30. The number of ether oxygens (including phenoxy) is 1. The van der Waals surface area contributed by atoms with Crippen LogP contribution in [-0.4, -0.2) is 62.1 Å². The summed E-state index contributed by atoms with van der Waals surface area (Å²) in [7, 11) is 1.68. The molecule has 0 spiro atoms. The summed E-state index contributed by atoms with van der Waals surface area (Å²) in [5.41, 5.74) is 0.696. The number of rotatable bonds is 3. The third-order valence-corrected chi connectivity index (χ3v) is 4.67. The highest BCUT2D eigenvalue weighted by atomic mass is 35.5. The molecule has 0 bridgehead atoms. The first-order valence-corrected chi connectivity index (χ1v) is 8.11. The largest absolute Gasteiger partial charge is 0.378 e. The molecular formula is C16H21Cl2N3O3. The summed E-state index contributed by atoms with van der Waals surface area (Å²) in [6.07, 6.45) is 0.597. The Bertz CT molecular complexity index is 608. The van der Waals surface area contributed by atoms with Gasteiger partial charge in [0.15, 0.2) is 0 Å². The zero-order valence-electron chi connectivity index (χ0n) is 13.4. The molecule has 0 radical (unpaired) electrons. The molecule has 2 aliphatic rings. The average molecular weight is 374 g/mol. The molecule has 3 rings (SSSR count). The molecule has 8 heteroatoms. The summed E-state index contributed by atoms with van der Waals surface area (Å²) in [6, 6.07) is 6.42. The zero-order valence-corrected chi connectivity index (χ0v) is 15.0. The van der Waals surface area contributed by atoms with E-state index in [0.717, 1.165) is 0 Å². The SMILES string of the molecule is CN(C(=O)C1COCCN1)C1CCN(c2ccccc2Cl)C1=O.Cl. The minimum absolute atomic E-state index is 0. The van der Waals surface area contributed by atoms with E-state index in [0.29, 0.717) is 43.4 Å². The van der Waals surface area contributed by atoms with E-state index in [4.69, 9.17) is 16.3 Å². The number of nitrogens with zero attached hydrogens (tertiary/aromatic N) is 2. The Morgan fingerprint density at radius 1 is 1.42 bits per heavy atom. The van der Waals surface area contributed by atoms with Crippen molar-refractivity contribution >= 4 is 41.5 Å². The number of likely N-dealkylation sites (N-methyl/N-ethyl adjacent to an activating group) is 1.